The van der Waals surface area contributed by atoms with Crippen molar-refractivity contribution < 1.29 is 0 Å². The van der Waals surface area contributed by atoms with Crippen molar-refractivity contribution in [2.45, 2.75) is 19.3 Å². The Labute approximate surface area is 204 Å². The van der Waals surface area contributed by atoms with Crippen LogP contribution in [0.1, 0.15) is 24.2 Å². The van der Waals surface area contributed by atoms with Gasteiger partial charge in [0.2, 0.25) is 5.95 Å². The lowest BCUT2D eigenvalue weighted by molar-refractivity contribution is 0.727. The minimum Gasteiger partial charge on any atom is -0.382 e. The maximum atomic E-state index is 13.1. The summed E-state index contributed by atoms with van der Waals surface area (Å²) >= 11 is 12.5. The van der Waals surface area contributed by atoms with E-state index in [4.69, 9.17) is 45.7 Å². The standard InChI is InChI=1S/C17H13Cl2N3O.C5H6N6/c18-12-5-6-13(19)16-15(12)17(23)22(11-2-1-7-20-9-11)14(21-16)8-10-3-4-10;6-1-2-3(7)10-5(9)11-4(2)8/h1-2,5-7,9-10H,3-4,8H2;(H6,7,8,9,10,11). The molecule has 0 atom stereocenters. The molecule has 5 rings (SSSR count). The minimum absolute atomic E-state index is 0.0116. The van der Waals surface area contributed by atoms with E-state index in [0.717, 1.165) is 6.42 Å². The van der Waals surface area contributed by atoms with Crippen LogP contribution in [0, 0.1) is 17.2 Å². The van der Waals surface area contributed by atoms with Crippen molar-refractivity contribution in [2.75, 3.05) is 17.2 Å². The Morgan fingerprint density at radius 2 is 1.74 bits per heavy atom. The lowest BCUT2D eigenvalue weighted by atomic mass is 10.2. The summed E-state index contributed by atoms with van der Waals surface area (Å²) in [6.07, 6.45) is 6.43. The maximum Gasteiger partial charge on any atom is 0.267 e. The van der Waals surface area contributed by atoms with Crippen LogP contribution in [0.25, 0.3) is 16.6 Å². The van der Waals surface area contributed by atoms with Gasteiger partial charge in [-0.25, -0.2) is 4.98 Å². The number of hydrogen-bond acceptors (Lipinski definition) is 9. The van der Waals surface area contributed by atoms with Gasteiger partial charge in [-0.3, -0.25) is 14.3 Å². The third-order valence-corrected chi connectivity index (χ3v) is 5.78. The number of rotatable bonds is 3. The molecule has 0 spiro atoms. The fourth-order valence-corrected chi connectivity index (χ4v) is 3.79. The summed E-state index contributed by atoms with van der Waals surface area (Å²) < 4.78 is 1.61. The van der Waals surface area contributed by atoms with Crippen molar-refractivity contribution in [1.82, 2.24) is 24.5 Å². The highest BCUT2D eigenvalue weighted by molar-refractivity contribution is 6.39. The predicted molar refractivity (Wildman–Crippen MR) is 132 cm³/mol. The molecule has 1 aromatic carbocycles. The molecule has 172 valence electrons. The quantitative estimate of drug-likeness (QED) is 0.385. The maximum absolute atomic E-state index is 13.1. The Bertz CT molecular complexity index is 1460. The molecule has 0 radical (unpaired) electrons. The monoisotopic (exact) mass is 495 g/mol. The van der Waals surface area contributed by atoms with E-state index in [-0.39, 0.29) is 28.7 Å². The van der Waals surface area contributed by atoms with Crippen LogP contribution >= 0.6 is 23.2 Å². The first-order valence-electron chi connectivity index (χ1n) is 10.2. The van der Waals surface area contributed by atoms with Gasteiger partial charge in [-0.1, -0.05) is 23.2 Å². The molecule has 0 bridgehead atoms. The summed E-state index contributed by atoms with van der Waals surface area (Å²) in [5, 5.41) is 9.61. The molecule has 0 amide bonds. The van der Waals surface area contributed by atoms with Crippen LogP contribution in [-0.4, -0.2) is 24.5 Å². The molecule has 3 aromatic heterocycles. The smallest absolute Gasteiger partial charge is 0.267 e. The highest BCUT2D eigenvalue weighted by Crippen LogP contribution is 2.33. The summed E-state index contributed by atoms with van der Waals surface area (Å²) in [7, 11) is 0. The molecule has 0 saturated heterocycles. The number of nitriles is 1. The number of hydrogen-bond donors (Lipinski definition) is 3. The van der Waals surface area contributed by atoms with E-state index in [9.17, 15) is 4.79 Å². The molecule has 34 heavy (non-hydrogen) atoms. The van der Waals surface area contributed by atoms with Crippen LogP contribution in [0.15, 0.2) is 41.5 Å². The Balaban J connectivity index is 0.000000210. The van der Waals surface area contributed by atoms with E-state index in [1.807, 2.05) is 6.07 Å². The van der Waals surface area contributed by atoms with E-state index in [2.05, 4.69) is 19.9 Å². The summed E-state index contributed by atoms with van der Waals surface area (Å²) in [5.74, 6) is 1.29. The number of nitrogen functional groups attached to an aromatic ring is 3. The Hall–Kier alpha value is -3.94. The molecule has 10 nitrogen and oxygen atoms in total. The topological polar surface area (TPSA) is 175 Å². The van der Waals surface area contributed by atoms with E-state index >= 15 is 0 Å². The average Bonchev–Trinajstić information content (AvgIpc) is 3.61. The van der Waals surface area contributed by atoms with Gasteiger partial charge in [0.05, 0.1) is 32.8 Å². The SMILES string of the molecule is N#Cc1c(N)nc(N)nc1N.O=c1c2c(Cl)ccc(Cl)c2nc(CC2CC2)n1-c1cccnc1. The van der Waals surface area contributed by atoms with Gasteiger partial charge >= 0.3 is 0 Å². The van der Waals surface area contributed by atoms with Gasteiger partial charge in [-0.15, -0.1) is 0 Å². The Morgan fingerprint density at radius 1 is 1.06 bits per heavy atom. The molecule has 4 aromatic rings. The van der Waals surface area contributed by atoms with Crippen LogP contribution < -0.4 is 22.8 Å². The summed E-state index contributed by atoms with van der Waals surface area (Å²) in [6, 6.07) is 8.71. The van der Waals surface area contributed by atoms with Crippen molar-refractivity contribution in [3.8, 4) is 11.8 Å². The number of anilines is 3. The summed E-state index contributed by atoms with van der Waals surface area (Å²) in [5.41, 5.74) is 16.8. The summed E-state index contributed by atoms with van der Waals surface area (Å²) in [4.78, 5) is 29.0. The lowest BCUT2D eigenvalue weighted by Crippen LogP contribution is -2.24. The van der Waals surface area contributed by atoms with Gasteiger partial charge in [-0.05, 0) is 43.0 Å². The van der Waals surface area contributed by atoms with E-state index in [0.29, 0.717) is 38.4 Å². The number of nitrogens with two attached hydrogens (primary N) is 3. The zero-order chi connectivity index (χ0) is 24.4. The van der Waals surface area contributed by atoms with Crippen molar-refractivity contribution >= 4 is 51.7 Å². The van der Waals surface area contributed by atoms with Crippen LogP contribution in [0.5, 0.6) is 0 Å². The second-order valence-electron chi connectivity index (χ2n) is 7.62. The van der Waals surface area contributed by atoms with Crippen molar-refractivity contribution in [1.29, 1.82) is 5.26 Å². The first kappa shape index (κ1) is 23.2. The van der Waals surface area contributed by atoms with Crippen LogP contribution in [0.4, 0.5) is 17.6 Å². The number of benzene rings is 1. The zero-order valence-electron chi connectivity index (χ0n) is 17.7. The number of pyridine rings is 1. The van der Waals surface area contributed by atoms with E-state index in [1.165, 1.54) is 12.8 Å². The van der Waals surface area contributed by atoms with Gasteiger partial charge in [0.25, 0.3) is 5.56 Å². The van der Waals surface area contributed by atoms with Gasteiger partial charge in [0.1, 0.15) is 29.1 Å². The number of aromatic nitrogens is 5. The molecule has 0 aliphatic heterocycles. The molecule has 3 heterocycles. The van der Waals surface area contributed by atoms with Crippen molar-refractivity contribution in [2.24, 2.45) is 5.92 Å². The second-order valence-corrected chi connectivity index (χ2v) is 8.43. The largest absolute Gasteiger partial charge is 0.382 e. The molecule has 12 heteroatoms. The van der Waals surface area contributed by atoms with E-state index < -0.39 is 0 Å². The predicted octanol–water partition coefficient (Wildman–Crippen LogP) is 3.13. The molecule has 1 aliphatic rings. The number of nitrogens with zero attached hydrogens (tertiary/aromatic N) is 6. The number of halogens is 2. The lowest BCUT2D eigenvalue weighted by Gasteiger charge is -2.14. The number of fused-ring (bicyclic) bond motifs is 1. The highest BCUT2D eigenvalue weighted by Gasteiger charge is 2.26. The zero-order valence-corrected chi connectivity index (χ0v) is 19.3. The van der Waals surface area contributed by atoms with Crippen LogP contribution in [0.2, 0.25) is 10.0 Å². The third kappa shape index (κ3) is 4.71. The van der Waals surface area contributed by atoms with Crippen LogP contribution in [0.3, 0.4) is 0 Å². The molecule has 0 unspecified atom stereocenters. The van der Waals surface area contributed by atoms with Gasteiger partial charge < -0.3 is 17.2 Å². The summed E-state index contributed by atoms with van der Waals surface area (Å²) in [6.45, 7) is 0. The highest BCUT2D eigenvalue weighted by atomic mass is 35.5. The molecule has 1 saturated carbocycles. The first-order valence-corrected chi connectivity index (χ1v) is 10.9. The molecule has 1 fully saturated rings. The van der Waals surface area contributed by atoms with Crippen LogP contribution in [-0.2, 0) is 6.42 Å². The fourth-order valence-electron chi connectivity index (χ4n) is 3.36. The fraction of sp³-hybridized carbons (Fsp3) is 0.182. The minimum atomic E-state index is -0.203. The van der Waals surface area contributed by atoms with Gasteiger partial charge in [0.15, 0.2) is 0 Å². The van der Waals surface area contributed by atoms with Gasteiger partial charge in [0, 0.05) is 12.6 Å². The average molecular weight is 496 g/mol. The molecule has 6 N–H and O–H groups in total. The Morgan fingerprint density at radius 3 is 2.32 bits per heavy atom. The molecule has 1 aliphatic carbocycles. The second kappa shape index (κ2) is 9.51. The first-order chi connectivity index (χ1) is 16.3. The van der Waals surface area contributed by atoms with Crippen molar-refractivity contribution in [3.05, 3.63) is 68.4 Å². The third-order valence-electron chi connectivity index (χ3n) is 5.16. The Kier molecular flexibility index (Phi) is 6.49. The molecular formula is C22H19Cl2N9O. The normalized spacial score (nSPS) is 12.6. The molecular weight excluding hydrogens is 477 g/mol. The van der Waals surface area contributed by atoms with Gasteiger partial charge in [-0.2, -0.15) is 15.2 Å². The van der Waals surface area contributed by atoms with E-state index in [1.54, 1.807) is 41.2 Å². The van der Waals surface area contributed by atoms with Crippen molar-refractivity contribution in [3.63, 3.8) is 0 Å².